The van der Waals surface area contributed by atoms with Gasteiger partial charge >= 0.3 is 0 Å². The Morgan fingerprint density at radius 2 is 1.67 bits per heavy atom. The molecule has 6 heavy (non-hydrogen) atoms. The number of carbonyl (C=O) groups is 1. The van der Waals surface area contributed by atoms with Crippen LogP contribution >= 0.6 is 9.12 Å². The van der Waals surface area contributed by atoms with E-state index >= 15 is 0 Å². The molecule has 0 aliphatic heterocycles. The summed E-state index contributed by atoms with van der Waals surface area (Å²) in [5.74, 6) is -0.833. The van der Waals surface area contributed by atoms with Crippen LogP contribution < -0.4 is 0 Å². The van der Waals surface area contributed by atoms with Gasteiger partial charge in [-0.2, -0.15) is 0 Å². The number of aliphatic carboxylic acids is 1. The van der Waals surface area contributed by atoms with Gasteiger partial charge in [0.1, 0.15) is 0 Å². The van der Waals surface area contributed by atoms with E-state index in [1.165, 1.54) is 0 Å². The minimum atomic E-state index is -0.833. The molecule has 0 aliphatic carbocycles. The lowest BCUT2D eigenvalue weighted by atomic mass is 10.9. The number of rotatable bonds is 0. The Morgan fingerprint density at radius 1 is 1.67 bits per heavy atom. The lowest BCUT2D eigenvalue weighted by Gasteiger charge is -1.59. The first-order chi connectivity index (χ1) is 2.73. The molecule has 38 valence electrons. The normalized spacial score (nSPS) is 5.50. The van der Waals surface area contributed by atoms with Crippen molar-refractivity contribution in [2.24, 2.45) is 0 Å². The zero-order chi connectivity index (χ0) is 5.58. The van der Waals surface area contributed by atoms with Gasteiger partial charge in [0.05, 0.1) is 9.12 Å². The third kappa shape index (κ3) is 300. The van der Waals surface area contributed by atoms with E-state index in [1.54, 1.807) is 0 Å². The van der Waals surface area contributed by atoms with Crippen molar-refractivity contribution in [3.8, 4) is 0 Å². The Hall–Kier alpha value is -0.300. The van der Waals surface area contributed by atoms with Crippen molar-refractivity contribution in [2.75, 3.05) is 0 Å². The molecule has 0 fully saturated rings. The quantitative estimate of drug-likeness (QED) is 0.447. The van der Waals surface area contributed by atoms with E-state index in [4.69, 9.17) is 14.5 Å². The molecule has 0 aromatic heterocycles. The number of carboxylic acid groups (broad SMARTS) is 1. The molecule has 0 rings (SSSR count). The highest BCUT2D eigenvalue weighted by atomic mass is 31.0. The van der Waals surface area contributed by atoms with Crippen LogP contribution in [0.2, 0.25) is 0 Å². The molecule has 0 heterocycles. The van der Waals surface area contributed by atoms with E-state index in [0.29, 0.717) is 9.12 Å². The minimum absolute atomic E-state index is 0.611. The number of hydrogen-bond donors (Lipinski definition) is 1. The Morgan fingerprint density at radius 3 is 1.67 bits per heavy atom. The van der Waals surface area contributed by atoms with Gasteiger partial charge in [-0.05, 0) is 0 Å². The average molecular weight is 110 g/mol. The molecule has 0 spiro atoms. The summed E-state index contributed by atoms with van der Waals surface area (Å²) in [5.41, 5.74) is 0. The molecule has 0 bridgehead atoms. The van der Waals surface area contributed by atoms with Gasteiger partial charge in [0.25, 0.3) is 5.97 Å². The predicted octanol–water partition coefficient (Wildman–Crippen LogP) is 0.0302. The molecule has 0 aliphatic rings. The monoisotopic (exact) mass is 110 g/mol. The topological polar surface area (TPSA) is 54.4 Å². The van der Waals surface area contributed by atoms with Gasteiger partial charge in [0.15, 0.2) is 0 Å². The SMILES string of the molecule is CC(=O)O.O=[PH3]. The first-order valence-electron chi connectivity index (χ1n) is 1.22. The van der Waals surface area contributed by atoms with Gasteiger partial charge in [-0.3, -0.25) is 4.79 Å². The highest BCUT2D eigenvalue weighted by molar-refractivity contribution is 7.00. The molecule has 0 saturated heterocycles. The maximum Gasteiger partial charge on any atom is 0.300 e. The van der Waals surface area contributed by atoms with Crippen LogP contribution in [-0.4, -0.2) is 11.1 Å². The van der Waals surface area contributed by atoms with Crippen LogP contribution in [0.25, 0.3) is 0 Å². The molecule has 0 aromatic rings. The van der Waals surface area contributed by atoms with E-state index in [0.717, 1.165) is 6.92 Å². The lowest BCUT2D eigenvalue weighted by molar-refractivity contribution is -0.134. The van der Waals surface area contributed by atoms with E-state index in [1.807, 2.05) is 0 Å². The summed E-state index contributed by atoms with van der Waals surface area (Å²) < 4.78 is 8.28. The first kappa shape index (κ1) is 9.20. The minimum Gasteiger partial charge on any atom is -0.481 e. The first-order valence-corrected chi connectivity index (χ1v) is 1.79. The Bertz CT molecular complexity index is 40.1. The van der Waals surface area contributed by atoms with Gasteiger partial charge in [-0.1, -0.05) is 0 Å². The maximum absolute atomic E-state index is 9.00. The van der Waals surface area contributed by atoms with Crippen molar-refractivity contribution in [2.45, 2.75) is 6.92 Å². The van der Waals surface area contributed by atoms with Crippen LogP contribution in [0.4, 0.5) is 0 Å². The van der Waals surface area contributed by atoms with Crippen molar-refractivity contribution in [1.29, 1.82) is 0 Å². The van der Waals surface area contributed by atoms with Gasteiger partial charge in [0, 0.05) is 6.92 Å². The van der Waals surface area contributed by atoms with Gasteiger partial charge < -0.3 is 9.67 Å². The molecule has 1 N–H and O–H groups in total. The summed E-state index contributed by atoms with van der Waals surface area (Å²) in [5, 5.41) is 7.42. The fraction of sp³-hybridized carbons (Fsp3) is 0.500. The summed E-state index contributed by atoms with van der Waals surface area (Å²) in [4.78, 5) is 9.00. The van der Waals surface area contributed by atoms with Crippen LogP contribution in [0.15, 0.2) is 0 Å². The van der Waals surface area contributed by atoms with E-state index in [2.05, 4.69) is 0 Å². The van der Waals surface area contributed by atoms with Crippen LogP contribution in [-0.2, 0) is 9.36 Å². The second kappa shape index (κ2) is 8.83. The van der Waals surface area contributed by atoms with E-state index in [9.17, 15) is 0 Å². The lowest BCUT2D eigenvalue weighted by Crippen LogP contribution is -1.78. The fourth-order valence-electron chi connectivity index (χ4n) is 0. The third-order valence-electron chi connectivity index (χ3n) is 0. The molecular weight excluding hydrogens is 103 g/mol. The van der Waals surface area contributed by atoms with Crippen molar-refractivity contribution in [1.82, 2.24) is 0 Å². The zero-order valence-electron chi connectivity index (χ0n) is 3.47. The molecule has 0 saturated carbocycles. The van der Waals surface area contributed by atoms with Gasteiger partial charge in [-0.25, -0.2) is 0 Å². The van der Waals surface area contributed by atoms with Crippen molar-refractivity contribution >= 4 is 15.1 Å². The summed E-state index contributed by atoms with van der Waals surface area (Å²) in [7, 11) is 0.611. The molecule has 1 atom stereocenters. The standard InChI is InChI=1S/C2H4O2.H3OP/c1-2(3)4;1-2/h1H3,(H,3,4);2H3. The molecule has 0 radical (unpaired) electrons. The summed E-state index contributed by atoms with van der Waals surface area (Å²) in [6, 6.07) is 0. The van der Waals surface area contributed by atoms with Crippen LogP contribution in [0.3, 0.4) is 0 Å². The van der Waals surface area contributed by atoms with Crippen molar-refractivity contribution in [3.63, 3.8) is 0 Å². The summed E-state index contributed by atoms with van der Waals surface area (Å²) in [6.07, 6.45) is 0. The van der Waals surface area contributed by atoms with Crippen LogP contribution in [0.5, 0.6) is 0 Å². The largest absolute Gasteiger partial charge is 0.481 e. The van der Waals surface area contributed by atoms with Gasteiger partial charge in [0.2, 0.25) is 0 Å². The predicted molar refractivity (Wildman–Crippen MR) is 25.1 cm³/mol. The van der Waals surface area contributed by atoms with Crippen LogP contribution in [0.1, 0.15) is 6.92 Å². The van der Waals surface area contributed by atoms with Crippen LogP contribution in [0, 0.1) is 0 Å². The van der Waals surface area contributed by atoms with Crippen molar-refractivity contribution in [3.05, 3.63) is 0 Å². The summed E-state index contributed by atoms with van der Waals surface area (Å²) in [6.45, 7) is 1.08. The Labute approximate surface area is 37.6 Å². The summed E-state index contributed by atoms with van der Waals surface area (Å²) >= 11 is 0. The molecule has 1 unspecified atom stereocenters. The smallest absolute Gasteiger partial charge is 0.300 e. The van der Waals surface area contributed by atoms with Crippen molar-refractivity contribution < 1.29 is 14.5 Å². The molecule has 0 aromatic carbocycles. The zero-order valence-corrected chi connectivity index (χ0v) is 4.89. The molecule has 0 amide bonds. The highest BCUT2D eigenvalue weighted by Crippen LogP contribution is 1.42. The second-order valence-corrected chi connectivity index (χ2v) is 0.519. The molecule has 4 heteroatoms. The fourth-order valence-corrected chi connectivity index (χ4v) is 0. The average Bonchev–Trinajstić information content (AvgIpc) is 1.41. The Balaban J connectivity index is 0. The van der Waals surface area contributed by atoms with E-state index < -0.39 is 5.97 Å². The number of hydrogen-bond acceptors (Lipinski definition) is 2. The Kier molecular flexibility index (Phi) is 13.5. The molecule has 3 nitrogen and oxygen atoms in total. The maximum atomic E-state index is 9.00. The molecular formula is C2H7O3P. The highest BCUT2D eigenvalue weighted by Gasteiger charge is 1.65. The van der Waals surface area contributed by atoms with Gasteiger partial charge in [-0.15, -0.1) is 0 Å². The number of carboxylic acids is 1. The third-order valence-corrected chi connectivity index (χ3v) is 0. The second-order valence-electron chi connectivity index (χ2n) is 0.519. The van der Waals surface area contributed by atoms with E-state index in [-0.39, 0.29) is 0 Å².